The van der Waals surface area contributed by atoms with Gasteiger partial charge in [0.15, 0.2) is 0 Å². The standard InChI is InChI=1S/C26H28ClFO2/c1-2-24-25(21-11-13-22(28)14-12-21)17-23(30-19-20-9-5-3-6-10-20)18-26(24)29-16-8-4-7-15-27/h3,5-6,9-14,17-18H,2,4,7-8,15-16,19H2,1H3. The molecular weight excluding hydrogens is 399 g/mol. The number of alkyl halides is 1. The number of hydrogen-bond donors (Lipinski definition) is 0. The molecule has 0 aliphatic heterocycles. The van der Waals surface area contributed by atoms with Gasteiger partial charge in [-0.25, -0.2) is 4.39 Å². The van der Waals surface area contributed by atoms with Crippen molar-refractivity contribution in [1.29, 1.82) is 0 Å². The van der Waals surface area contributed by atoms with E-state index in [9.17, 15) is 4.39 Å². The average Bonchev–Trinajstić information content (AvgIpc) is 2.78. The predicted octanol–water partition coefficient (Wildman–Crippen LogP) is 7.42. The molecule has 4 heteroatoms. The number of ether oxygens (including phenoxy) is 2. The third kappa shape index (κ3) is 6.24. The fourth-order valence-electron chi connectivity index (χ4n) is 3.38. The van der Waals surface area contributed by atoms with Crippen LogP contribution in [0.3, 0.4) is 0 Å². The van der Waals surface area contributed by atoms with E-state index in [0.717, 1.165) is 59.4 Å². The predicted molar refractivity (Wildman–Crippen MR) is 122 cm³/mol. The van der Waals surface area contributed by atoms with Crippen LogP contribution in [0.1, 0.15) is 37.3 Å². The van der Waals surface area contributed by atoms with Crippen molar-refractivity contribution in [1.82, 2.24) is 0 Å². The van der Waals surface area contributed by atoms with E-state index in [-0.39, 0.29) is 5.82 Å². The van der Waals surface area contributed by atoms with Crippen LogP contribution in [0.15, 0.2) is 66.7 Å². The Kier molecular flexibility index (Phi) is 8.58. The van der Waals surface area contributed by atoms with Crippen molar-refractivity contribution in [2.45, 2.75) is 39.2 Å². The molecule has 0 aliphatic rings. The first-order valence-corrected chi connectivity index (χ1v) is 11.0. The molecule has 3 aromatic carbocycles. The van der Waals surface area contributed by atoms with Crippen molar-refractivity contribution in [3.63, 3.8) is 0 Å². The van der Waals surface area contributed by atoms with Gasteiger partial charge in [-0.15, -0.1) is 11.6 Å². The Labute approximate surface area is 183 Å². The minimum atomic E-state index is -0.246. The maximum atomic E-state index is 13.5. The van der Waals surface area contributed by atoms with Crippen LogP contribution in [0.2, 0.25) is 0 Å². The summed E-state index contributed by atoms with van der Waals surface area (Å²) in [5.74, 6) is 2.00. The fourth-order valence-corrected chi connectivity index (χ4v) is 3.57. The Hall–Kier alpha value is -2.52. The monoisotopic (exact) mass is 426 g/mol. The van der Waals surface area contributed by atoms with Gasteiger partial charge in [0.25, 0.3) is 0 Å². The van der Waals surface area contributed by atoms with Gasteiger partial charge in [-0.2, -0.15) is 0 Å². The van der Waals surface area contributed by atoms with Crippen LogP contribution in [0.4, 0.5) is 4.39 Å². The van der Waals surface area contributed by atoms with Crippen LogP contribution in [-0.2, 0) is 13.0 Å². The number of halogens is 2. The largest absolute Gasteiger partial charge is 0.493 e. The molecule has 3 rings (SSSR count). The Morgan fingerprint density at radius 3 is 2.33 bits per heavy atom. The van der Waals surface area contributed by atoms with Gasteiger partial charge in [0.1, 0.15) is 23.9 Å². The van der Waals surface area contributed by atoms with E-state index in [1.54, 1.807) is 12.1 Å². The first-order chi connectivity index (χ1) is 14.7. The topological polar surface area (TPSA) is 18.5 Å². The summed E-state index contributed by atoms with van der Waals surface area (Å²) in [6, 6.07) is 20.6. The van der Waals surface area contributed by atoms with Crippen molar-refractivity contribution in [2.75, 3.05) is 12.5 Å². The van der Waals surface area contributed by atoms with Crippen LogP contribution in [0.25, 0.3) is 11.1 Å². The highest BCUT2D eigenvalue weighted by Gasteiger charge is 2.14. The van der Waals surface area contributed by atoms with Crippen molar-refractivity contribution in [2.24, 2.45) is 0 Å². The highest BCUT2D eigenvalue weighted by molar-refractivity contribution is 6.17. The van der Waals surface area contributed by atoms with Gasteiger partial charge in [-0.05, 0) is 60.6 Å². The van der Waals surface area contributed by atoms with E-state index in [1.165, 1.54) is 12.1 Å². The summed E-state index contributed by atoms with van der Waals surface area (Å²) in [6.45, 7) is 3.21. The molecular formula is C26H28ClFO2. The van der Waals surface area contributed by atoms with Crippen molar-refractivity contribution < 1.29 is 13.9 Å². The summed E-state index contributed by atoms with van der Waals surface area (Å²) in [7, 11) is 0. The van der Waals surface area contributed by atoms with Crippen LogP contribution < -0.4 is 9.47 Å². The summed E-state index contributed by atoms with van der Waals surface area (Å²) < 4.78 is 25.7. The number of rotatable bonds is 11. The summed E-state index contributed by atoms with van der Waals surface area (Å²) in [6.07, 6.45) is 3.80. The molecule has 0 bridgehead atoms. The molecule has 0 fully saturated rings. The van der Waals surface area contributed by atoms with Crippen LogP contribution in [0, 0.1) is 5.82 Å². The summed E-state index contributed by atoms with van der Waals surface area (Å²) >= 11 is 5.77. The zero-order valence-electron chi connectivity index (χ0n) is 17.4. The second-order valence-corrected chi connectivity index (χ2v) is 7.56. The lowest BCUT2D eigenvalue weighted by atomic mass is 9.96. The zero-order chi connectivity index (χ0) is 21.2. The van der Waals surface area contributed by atoms with Crippen LogP contribution >= 0.6 is 11.6 Å². The molecule has 0 aliphatic carbocycles. The molecule has 158 valence electrons. The lowest BCUT2D eigenvalue weighted by Gasteiger charge is -2.18. The van der Waals surface area contributed by atoms with E-state index in [0.29, 0.717) is 19.1 Å². The fraction of sp³-hybridized carbons (Fsp3) is 0.308. The van der Waals surface area contributed by atoms with Gasteiger partial charge >= 0.3 is 0 Å². The molecule has 0 heterocycles. The number of benzene rings is 3. The third-order valence-corrected chi connectivity index (χ3v) is 5.24. The highest BCUT2D eigenvalue weighted by Crippen LogP contribution is 2.36. The molecule has 0 spiro atoms. The van der Waals surface area contributed by atoms with E-state index in [1.807, 2.05) is 42.5 Å². The summed E-state index contributed by atoms with van der Waals surface area (Å²) in [4.78, 5) is 0. The SMILES string of the molecule is CCc1c(OCCCCCCl)cc(OCc2ccccc2)cc1-c1ccc(F)cc1. The van der Waals surface area contributed by atoms with Gasteiger partial charge in [-0.1, -0.05) is 49.4 Å². The van der Waals surface area contributed by atoms with Crippen molar-refractivity contribution in [3.05, 3.63) is 83.7 Å². The minimum Gasteiger partial charge on any atom is -0.493 e. The van der Waals surface area contributed by atoms with Gasteiger partial charge in [0, 0.05) is 17.5 Å². The molecule has 0 atom stereocenters. The maximum absolute atomic E-state index is 13.5. The van der Waals surface area contributed by atoms with Crippen LogP contribution in [-0.4, -0.2) is 12.5 Å². The van der Waals surface area contributed by atoms with Gasteiger partial charge in [0.2, 0.25) is 0 Å². The zero-order valence-corrected chi connectivity index (χ0v) is 18.1. The van der Waals surface area contributed by atoms with Gasteiger partial charge in [0.05, 0.1) is 6.61 Å². The van der Waals surface area contributed by atoms with E-state index in [2.05, 4.69) is 6.92 Å². The number of hydrogen-bond acceptors (Lipinski definition) is 2. The average molecular weight is 427 g/mol. The lowest BCUT2D eigenvalue weighted by molar-refractivity contribution is 0.289. The minimum absolute atomic E-state index is 0.246. The van der Waals surface area contributed by atoms with Crippen molar-refractivity contribution in [3.8, 4) is 22.6 Å². The molecule has 0 saturated heterocycles. The molecule has 0 amide bonds. The third-order valence-electron chi connectivity index (χ3n) is 4.98. The Balaban J connectivity index is 1.88. The quantitative estimate of drug-likeness (QED) is 0.234. The Bertz CT molecular complexity index is 910. The summed E-state index contributed by atoms with van der Waals surface area (Å²) in [5.41, 5.74) is 4.17. The second-order valence-electron chi connectivity index (χ2n) is 7.18. The molecule has 3 aromatic rings. The van der Waals surface area contributed by atoms with Crippen LogP contribution in [0.5, 0.6) is 11.5 Å². The Morgan fingerprint density at radius 2 is 1.63 bits per heavy atom. The van der Waals surface area contributed by atoms with Gasteiger partial charge in [-0.3, -0.25) is 0 Å². The molecule has 0 unspecified atom stereocenters. The Morgan fingerprint density at radius 1 is 0.867 bits per heavy atom. The molecule has 0 N–H and O–H groups in total. The van der Waals surface area contributed by atoms with E-state index in [4.69, 9.17) is 21.1 Å². The normalized spacial score (nSPS) is 10.8. The van der Waals surface area contributed by atoms with E-state index >= 15 is 0 Å². The second kappa shape index (κ2) is 11.6. The highest BCUT2D eigenvalue weighted by atomic mass is 35.5. The first-order valence-electron chi connectivity index (χ1n) is 10.5. The molecule has 0 aromatic heterocycles. The summed E-state index contributed by atoms with van der Waals surface area (Å²) in [5, 5.41) is 0. The van der Waals surface area contributed by atoms with Gasteiger partial charge < -0.3 is 9.47 Å². The molecule has 0 saturated carbocycles. The first kappa shape index (κ1) is 22.2. The molecule has 0 radical (unpaired) electrons. The smallest absolute Gasteiger partial charge is 0.126 e. The molecule has 30 heavy (non-hydrogen) atoms. The molecule has 2 nitrogen and oxygen atoms in total. The number of unbranched alkanes of at least 4 members (excludes halogenated alkanes) is 2. The lowest BCUT2D eigenvalue weighted by Crippen LogP contribution is -2.03. The van der Waals surface area contributed by atoms with E-state index < -0.39 is 0 Å². The maximum Gasteiger partial charge on any atom is 0.126 e. The van der Waals surface area contributed by atoms with Crippen molar-refractivity contribution >= 4 is 11.6 Å².